The van der Waals surface area contributed by atoms with Crippen LogP contribution in [-0.4, -0.2) is 61.3 Å². The van der Waals surface area contributed by atoms with Crippen molar-refractivity contribution in [1.29, 1.82) is 0 Å². The summed E-state index contributed by atoms with van der Waals surface area (Å²) in [7, 11) is 0.763. The minimum absolute atomic E-state index is 0. The third-order valence-corrected chi connectivity index (χ3v) is 7.90. The van der Waals surface area contributed by atoms with E-state index in [1.807, 2.05) is 6.07 Å². The molecule has 8 heteroatoms. The molecule has 3 aliphatic rings. The normalized spacial score (nSPS) is 19.0. The lowest BCUT2D eigenvalue weighted by molar-refractivity contribution is 0.411. The van der Waals surface area contributed by atoms with E-state index in [0.29, 0.717) is 11.5 Å². The van der Waals surface area contributed by atoms with E-state index in [1.54, 1.807) is 24.3 Å². The van der Waals surface area contributed by atoms with Crippen LogP contribution in [-0.2, 0) is 12.8 Å². The Hall–Kier alpha value is -1.90. The first kappa shape index (κ1) is 41.1. The molecule has 3 fully saturated rings. The fourth-order valence-corrected chi connectivity index (χ4v) is 5.59. The average Bonchev–Trinajstić information content (AvgIpc) is 3.76. The zero-order chi connectivity index (χ0) is 28.4. The molecule has 0 aromatic heterocycles. The molecule has 0 amide bonds. The molecule has 0 radical (unpaired) electrons. The van der Waals surface area contributed by atoms with Gasteiger partial charge in [0, 0.05) is 12.6 Å². The Balaban J connectivity index is 0.000000545. The molecule has 5 N–H and O–H groups in total. The van der Waals surface area contributed by atoms with Gasteiger partial charge in [0.1, 0.15) is 0 Å². The molecular weight excluding hydrogens is 576 g/mol. The highest BCUT2D eigenvalue weighted by molar-refractivity contribution is 6.58. The average molecular weight is 633 g/mol. The largest absolute Gasteiger partial charge is 0.488 e. The summed E-state index contributed by atoms with van der Waals surface area (Å²) in [5.41, 5.74) is 9.10. The third kappa shape index (κ3) is 17.9. The van der Waals surface area contributed by atoms with Crippen LogP contribution < -0.4 is 16.5 Å². The monoisotopic (exact) mass is 631 g/mol. The molecule has 2 atom stereocenters. The molecule has 43 heavy (non-hydrogen) atoms. The molecule has 1 aliphatic carbocycles. The van der Waals surface area contributed by atoms with Gasteiger partial charge in [0.05, 0.1) is 0 Å². The number of hydrogen-bond donors (Lipinski definition) is 4. The molecular formula is C35H56BCl2N3O2. The van der Waals surface area contributed by atoms with Crippen LogP contribution in [0.4, 0.5) is 0 Å². The Kier molecular flexibility index (Phi) is 23.4. The fourth-order valence-electron chi connectivity index (χ4n) is 5.59. The molecule has 2 saturated heterocycles. The van der Waals surface area contributed by atoms with Crippen molar-refractivity contribution in [2.24, 2.45) is 17.6 Å². The first-order valence-electron chi connectivity index (χ1n) is 15.1. The quantitative estimate of drug-likeness (QED) is 0.270. The lowest BCUT2D eigenvalue weighted by Gasteiger charge is -2.07. The maximum absolute atomic E-state index is 8.58. The van der Waals surface area contributed by atoms with Crippen molar-refractivity contribution < 1.29 is 10.0 Å². The second-order valence-corrected chi connectivity index (χ2v) is 11.5. The molecule has 5 nitrogen and oxygen atoms in total. The van der Waals surface area contributed by atoms with Gasteiger partial charge in [-0.15, -0.1) is 24.8 Å². The van der Waals surface area contributed by atoms with Crippen molar-refractivity contribution in [1.82, 2.24) is 10.2 Å². The van der Waals surface area contributed by atoms with E-state index in [-0.39, 0.29) is 32.2 Å². The van der Waals surface area contributed by atoms with Crippen molar-refractivity contribution >= 4 is 37.4 Å². The third-order valence-electron chi connectivity index (χ3n) is 7.90. The zero-order valence-electron chi connectivity index (χ0n) is 25.2. The summed E-state index contributed by atoms with van der Waals surface area (Å²) < 4.78 is 0. The summed E-state index contributed by atoms with van der Waals surface area (Å²) in [5, 5.41) is 20.6. The summed E-state index contributed by atoms with van der Waals surface area (Å²) in [6.07, 6.45) is 10.9. The Morgan fingerprint density at radius 3 is 1.58 bits per heavy atom. The van der Waals surface area contributed by atoms with Crippen LogP contribution in [0.3, 0.4) is 0 Å². The predicted octanol–water partition coefficient (Wildman–Crippen LogP) is 5.75. The predicted molar refractivity (Wildman–Crippen MR) is 191 cm³/mol. The second kappa shape index (κ2) is 24.4. The van der Waals surface area contributed by atoms with Gasteiger partial charge >= 0.3 is 7.12 Å². The highest BCUT2D eigenvalue weighted by Gasteiger charge is 2.15. The smallest absolute Gasteiger partial charge is 0.423 e. The van der Waals surface area contributed by atoms with E-state index in [2.05, 4.69) is 77.9 Å². The first-order chi connectivity index (χ1) is 19.5. The van der Waals surface area contributed by atoms with Crippen LogP contribution in [0.2, 0.25) is 0 Å². The molecule has 0 spiro atoms. The highest BCUT2D eigenvalue weighted by Crippen LogP contribution is 2.27. The van der Waals surface area contributed by atoms with Crippen LogP contribution in [0, 0.1) is 11.8 Å². The summed E-state index contributed by atoms with van der Waals surface area (Å²) in [6.45, 7) is 4.67. The summed E-state index contributed by atoms with van der Waals surface area (Å²) in [5.74, 6) is 1.85. The highest BCUT2D eigenvalue weighted by atomic mass is 35.5. The summed E-state index contributed by atoms with van der Waals surface area (Å²) in [4.78, 5) is 2.25. The van der Waals surface area contributed by atoms with Gasteiger partial charge in [-0.25, -0.2) is 0 Å². The standard InChI is InChI=1S/C12H16.C11H15N.C6H7BO2.C5H12N2.CH4.2ClH/c1-2-6-11(7-3-1)10-12-8-4-5-9-12;1-2-4-10(5-3-1)8-11-6-7-12-9-11;8-7(9)6-4-2-1-3-5-6;1-7-3-2-5(6)4-7;;;/h1-3,6-7,12H,4-5,8-10H2;1-5,11-12H,6-9H2;1-5,8-9H;5H,2-4,6H2,1H3;1H4;2*1H. The Morgan fingerprint density at radius 2 is 1.23 bits per heavy atom. The number of benzene rings is 3. The molecule has 3 aromatic rings. The van der Waals surface area contributed by atoms with Crippen molar-refractivity contribution in [3.05, 3.63) is 102 Å². The van der Waals surface area contributed by atoms with Gasteiger partial charge < -0.3 is 26.0 Å². The van der Waals surface area contributed by atoms with Crippen molar-refractivity contribution in [3.63, 3.8) is 0 Å². The Labute approximate surface area is 274 Å². The van der Waals surface area contributed by atoms with Crippen LogP contribution in [0.15, 0.2) is 91.0 Å². The van der Waals surface area contributed by atoms with Gasteiger partial charge in [-0.05, 0) is 80.8 Å². The van der Waals surface area contributed by atoms with Crippen LogP contribution in [0.25, 0.3) is 0 Å². The number of likely N-dealkylation sites (tertiary alicyclic amines) is 1. The molecule has 2 unspecified atom stereocenters. The van der Waals surface area contributed by atoms with Gasteiger partial charge in [-0.3, -0.25) is 0 Å². The minimum atomic E-state index is -1.34. The summed E-state index contributed by atoms with van der Waals surface area (Å²) in [6, 6.07) is 30.8. The SMILES string of the molecule is C.CN1CCC(N)C1.Cl.Cl.OB(O)c1ccccc1.c1ccc(CC2CCCC2)cc1.c1ccc(CC2CCNC2)cc1. The van der Waals surface area contributed by atoms with Crippen molar-refractivity contribution in [3.8, 4) is 0 Å². The topological polar surface area (TPSA) is 81.8 Å². The Morgan fingerprint density at radius 1 is 0.744 bits per heavy atom. The van der Waals surface area contributed by atoms with Crippen molar-refractivity contribution in [2.75, 3.05) is 33.2 Å². The maximum atomic E-state index is 8.58. The van der Waals surface area contributed by atoms with E-state index in [9.17, 15) is 0 Å². The van der Waals surface area contributed by atoms with E-state index in [0.717, 1.165) is 18.4 Å². The fraction of sp³-hybridized carbons (Fsp3) is 0.486. The zero-order valence-corrected chi connectivity index (χ0v) is 26.8. The van der Waals surface area contributed by atoms with Crippen LogP contribution in [0.1, 0.15) is 57.1 Å². The van der Waals surface area contributed by atoms with Crippen LogP contribution >= 0.6 is 24.8 Å². The van der Waals surface area contributed by atoms with Gasteiger partial charge in [0.25, 0.3) is 0 Å². The minimum Gasteiger partial charge on any atom is -0.423 e. The van der Waals surface area contributed by atoms with Gasteiger partial charge in [0.15, 0.2) is 0 Å². The van der Waals surface area contributed by atoms with Gasteiger partial charge in [-0.2, -0.15) is 0 Å². The van der Waals surface area contributed by atoms with Crippen molar-refractivity contribution in [2.45, 2.75) is 64.8 Å². The lowest BCUT2D eigenvalue weighted by atomic mass is 9.81. The number of nitrogens with two attached hydrogens (primary N) is 1. The number of rotatable bonds is 5. The number of nitrogens with zero attached hydrogens (tertiary/aromatic N) is 1. The van der Waals surface area contributed by atoms with Gasteiger partial charge in [0.2, 0.25) is 0 Å². The molecule has 1 saturated carbocycles. The molecule has 2 aliphatic heterocycles. The van der Waals surface area contributed by atoms with E-state index in [1.165, 1.54) is 82.1 Å². The maximum Gasteiger partial charge on any atom is 0.488 e. The molecule has 6 rings (SSSR count). The lowest BCUT2D eigenvalue weighted by Crippen LogP contribution is -2.29. The first-order valence-corrected chi connectivity index (χ1v) is 15.1. The van der Waals surface area contributed by atoms with E-state index < -0.39 is 7.12 Å². The Bertz CT molecular complexity index is 962. The molecule has 0 bridgehead atoms. The van der Waals surface area contributed by atoms with Gasteiger partial charge in [-0.1, -0.05) is 124 Å². The number of hydrogen-bond acceptors (Lipinski definition) is 5. The van der Waals surface area contributed by atoms with Crippen LogP contribution in [0.5, 0.6) is 0 Å². The molecule has 2 heterocycles. The number of likely N-dealkylation sites (N-methyl/N-ethyl adjacent to an activating group) is 1. The molecule has 3 aromatic carbocycles. The molecule has 240 valence electrons. The second-order valence-electron chi connectivity index (χ2n) is 11.5. The number of nitrogens with one attached hydrogen (secondary N) is 1. The number of halogens is 2. The summed E-state index contributed by atoms with van der Waals surface area (Å²) >= 11 is 0. The van der Waals surface area contributed by atoms with E-state index >= 15 is 0 Å². The van der Waals surface area contributed by atoms with E-state index in [4.69, 9.17) is 15.8 Å².